The summed E-state index contributed by atoms with van der Waals surface area (Å²) in [5, 5.41) is 23.4. The summed E-state index contributed by atoms with van der Waals surface area (Å²) in [6.45, 7) is 12.8. The summed E-state index contributed by atoms with van der Waals surface area (Å²) >= 11 is 6.04. The summed E-state index contributed by atoms with van der Waals surface area (Å²) < 4.78 is 1.88. The monoisotopic (exact) mass is 675 g/mol. The van der Waals surface area contributed by atoms with Crippen molar-refractivity contribution in [3.63, 3.8) is 0 Å². The quantitative estimate of drug-likeness (QED) is 0.182. The predicted molar refractivity (Wildman–Crippen MR) is 188 cm³/mol. The number of benzene rings is 2. The van der Waals surface area contributed by atoms with Crippen LogP contribution in [0, 0.1) is 16.7 Å². The minimum Gasteiger partial charge on any atom is -0.465 e. The third kappa shape index (κ3) is 8.17. The third-order valence-corrected chi connectivity index (χ3v) is 9.75. The van der Waals surface area contributed by atoms with Crippen LogP contribution >= 0.6 is 11.6 Å². The van der Waals surface area contributed by atoms with E-state index in [2.05, 4.69) is 11.4 Å². The molecule has 48 heavy (non-hydrogen) atoms. The Kier molecular flexibility index (Phi) is 10.9. The number of anilines is 1. The number of nitrogens with zero attached hydrogens (tertiary/aromatic N) is 6. The van der Waals surface area contributed by atoms with Crippen LogP contribution in [0.5, 0.6) is 0 Å². The molecule has 1 aliphatic heterocycles. The number of likely N-dealkylation sites (N-methyl/N-ethyl adjacent to an activating group) is 1. The Morgan fingerprint density at radius 1 is 1.15 bits per heavy atom. The fourth-order valence-electron chi connectivity index (χ4n) is 5.65. The van der Waals surface area contributed by atoms with Gasteiger partial charge in [-0.15, -0.1) is 0 Å². The zero-order valence-corrected chi connectivity index (χ0v) is 29.8. The van der Waals surface area contributed by atoms with Gasteiger partial charge in [-0.3, -0.25) is 14.9 Å². The molecule has 1 saturated heterocycles. The summed E-state index contributed by atoms with van der Waals surface area (Å²) in [7, 11) is 3.79. The van der Waals surface area contributed by atoms with Gasteiger partial charge in [0.15, 0.2) is 0 Å². The fourth-order valence-corrected chi connectivity index (χ4v) is 5.77. The molecule has 12 heteroatoms. The van der Waals surface area contributed by atoms with E-state index in [9.17, 15) is 24.8 Å². The summed E-state index contributed by atoms with van der Waals surface area (Å²) in [5.41, 5.74) is 1.77. The number of rotatable bonds is 10. The lowest BCUT2D eigenvalue weighted by Crippen LogP contribution is -2.44. The van der Waals surface area contributed by atoms with Crippen LogP contribution in [0.25, 0.3) is 11.0 Å². The molecule has 1 unspecified atom stereocenters. The third-order valence-electron chi connectivity index (χ3n) is 9.50. The molecule has 1 aliphatic rings. The van der Waals surface area contributed by atoms with Crippen LogP contribution < -0.4 is 5.32 Å². The summed E-state index contributed by atoms with van der Waals surface area (Å²) in [5.74, 6) is -0.404. The van der Waals surface area contributed by atoms with Crippen molar-refractivity contribution in [3.05, 3.63) is 70.3 Å². The number of aromatic nitrogens is 2. The number of nitrogens with one attached hydrogen (secondary N) is 1. The van der Waals surface area contributed by atoms with Crippen LogP contribution in [0.2, 0.25) is 5.02 Å². The number of nitriles is 1. The van der Waals surface area contributed by atoms with Crippen LogP contribution in [0.15, 0.2) is 54.1 Å². The zero-order chi connectivity index (χ0) is 35.6. The van der Waals surface area contributed by atoms with Gasteiger partial charge in [-0.1, -0.05) is 38.4 Å². The number of likely N-dealkylation sites (tertiary alicyclic amines) is 1. The Bertz CT molecular complexity index is 1750. The lowest BCUT2D eigenvalue weighted by atomic mass is 9.87. The molecule has 1 fully saturated rings. The largest absolute Gasteiger partial charge is 0.465 e. The minimum absolute atomic E-state index is 0.0875. The van der Waals surface area contributed by atoms with Crippen molar-refractivity contribution in [1.82, 2.24) is 24.3 Å². The molecule has 2 heterocycles. The molecule has 1 aromatic heterocycles. The van der Waals surface area contributed by atoms with Crippen molar-refractivity contribution >= 4 is 46.5 Å². The molecule has 11 nitrogen and oxygen atoms in total. The van der Waals surface area contributed by atoms with E-state index in [4.69, 9.17) is 16.6 Å². The Hall–Kier alpha value is -4.40. The Morgan fingerprint density at radius 2 is 1.81 bits per heavy atom. The number of carboxylic acid groups (broad SMARTS) is 1. The van der Waals surface area contributed by atoms with Crippen molar-refractivity contribution in [3.8, 4) is 6.07 Å². The highest BCUT2D eigenvalue weighted by molar-refractivity contribution is 6.30. The highest BCUT2D eigenvalue weighted by Gasteiger charge is 2.34. The number of fused-ring (bicyclic) bond motifs is 1. The fraction of sp³-hybridized carbons (Fsp3) is 0.472. The van der Waals surface area contributed by atoms with Gasteiger partial charge < -0.3 is 24.4 Å². The number of amides is 3. The summed E-state index contributed by atoms with van der Waals surface area (Å²) in [4.78, 5) is 49.2. The maximum absolute atomic E-state index is 13.7. The van der Waals surface area contributed by atoms with Crippen molar-refractivity contribution in [1.29, 1.82) is 5.26 Å². The van der Waals surface area contributed by atoms with E-state index < -0.39 is 11.6 Å². The molecular weight excluding hydrogens is 630 g/mol. The number of carbonyl (C=O) groups is 3. The first-order valence-corrected chi connectivity index (χ1v) is 16.5. The van der Waals surface area contributed by atoms with E-state index in [0.717, 1.165) is 17.5 Å². The van der Waals surface area contributed by atoms with Crippen molar-refractivity contribution in [2.75, 3.05) is 26.0 Å². The number of hydrogen-bond donors (Lipinski definition) is 2. The number of halogens is 1. The molecule has 0 spiro atoms. The lowest BCUT2D eigenvalue weighted by molar-refractivity contribution is -0.127. The maximum atomic E-state index is 13.7. The standard InChI is InChI=1S/C36H46ClN7O4/c1-23(35(2,3)4)43(34(47)48)21-24-11-16-30-29(18-24)39-33(40-31(45)25-12-14-27(37)15-13-25)44(30)22-28-10-9-17-42(28)32(46)26(20-38)19-36(5,6)41(7)8/h11-16,18-19,23,28H,9-10,17,21-22H2,1-8H3,(H,47,48)(H,39,40,45)/b26-19+/t23-,28?/m0/s1. The zero-order valence-electron chi connectivity index (χ0n) is 29.0. The van der Waals surface area contributed by atoms with Gasteiger partial charge in [-0.25, -0.2) is 9.78 Å². The number of imidazole rings is 1. The van der Waals surface area contributed by atoms with Crippen molar-refractivity contribution in [2.45, 2.75) is 85.1 Å². The lowest BCUT2D eigenvalue weighted by Gasteiger charge is -2.36. The van der Waals surface area contributed by atoms with Gasteiger partial charge in [-0.05, 0) is 101 Å². The van der Waals surface area contributed by atoms with E-state index >= 15 is 0 Å². The van der Waals surface area contributed by atoms with E-state index in [0.29, 0.717) is 41.6 Å². The molecule has 0 saturated carbocycles. The smallest absolute Gasteiger partial charge is 0.407 e. The van der Waals surface area contributed by atoms with Gasteiger partial charge in [-0.2, -0.15) is 5.26 Å². The summed E-state index contributed by atoms with van der Waals surface area (Å²) in [6, 6.07) is 13.7. The van der Waals surface area contributed by atoms with Gasteiger partial charge in [0.1, 0.15) is 11.6 Å². The van der Waals surface area contributed by atoms with E-state index in [1.54, 1.807) is 35.2 Å². The molecule has 3 aromatic rings. The Morgan fingerprint density at radius 3 is 2.40 bits per heavy atom. The van der Waals surface area contributed by atoms with E-state index in [1.165, 1.54) is 4.90 Å². The highest BCUT2D eigenvalue weighted by atomic mass is 35.5. The van der Waals surface area contributed by atoms with Crippen molar-refractivity contribution < 1.29 is 19.5 Å². The molecule has 0 aliphatic carbocycles. The molecule has 0 bridgehead atoms. The van der Waals surface area contributed by atoms with E-state index in [-0.39, 0.29) is 41.4 Å². The molecule has 3 amide bonds. The van der Waals surface area contributed by atoms with Crippen LogP contribution in [0.4, 0.5) is 10.7 Å². The predicted octanol–water partition coefficient (Wildman–Crippen LogP) is 6.64. The second-order valence-electron chi connectivity index (χ2n) is 14.3. The average Bonchev–Trinajstić information content (AvgIpc) is 3.61. The van der Waals surface area contributed by atoms with Crippen LogP contribution in [0.3, 0.4) is 0 Å². The van der Waals surface area contributed by atoms with E-state index in [1.807, 2.05) is 83.3 Å². The number of carbonyl (C=O) groups excluding carboxylic acids is 2. The van der Waals surface area contributed by atoms with Gasteiger partial charge >= 0.3 is 6.09 Å². The SMILES string of the molecule is C[C@H](N(Cc1ccc2c(c1)nc(NC(=O)c1ccc(Cl)cc1)n2CC1CCCN1C(=O)/C(C#N)=C/C(C)(C)N(C)C)C(=O)O)C(C)(C)C. The molecule has 256 valence electrons. The normalized spacial score (nSPS) is 16.2. The van der Waals surface area contributed by atoms with Crippen LogP contribution in [-0.2, 0) is 17.9 Å². The maximum Gasteiger partial charge on any atom is 0.407 e. The molecular formula is C36H46ClN7O4. The van der Waals surface area contributed by atoms with Gasteiger partial charge in [0.05, 0.1) is 17.1 Å². The molecule has 4 rings (SSSR count). The first-order valence-electron chi connectivity index (χ1n) is 16.1. The van der Waals surface area contributed by atoms with Crippen molar-refractivity contribution in [2.24, 2.45) is 5.41 Å². The number of hydrogen-bond acceptors (Lipinski definition) is 6. The highest BCUT2D eigenvalue weighted by Crippen LogP contribution is 2.30. The molecule has 2 N–H and O–H groups in total. The van der Waals surface area contributed by atoms with Gasteiger partial charge in [0, 0.05) is 41.8 Å². The first-order chi connectivity index (χ1) is 22.4. The van der Waals surface area contributed by atoms with Gasteiger partial charge in [0.25, 0.3) is 11.8 Å². The second-order valence-corrected chi connectivity index (χ2v) is 14.7. The molecule has 2 atom stereocenters. The topological polar surface area (TPSA) is 135 Å². The Labute approximate surface area is 287 Å². The molecule has 0 radical (unpaired) electrons. The van der Waals surface area contributed by atoms with Crippen LogP contribution in [0.1, 0.15) is 70.3 Å². The van der Waals surface area contributed by atoms with Gasteiger partial charge in [0.2, 0.25) is 5.95 Å². The minimum atomic E-state index is -1.01. The van der Waals surface area contributed by atoms with Crippen LogP contribution in [-0.4, -0.2) is 85.5 Å². The Balaban J connectivity index is 1.72. The average molecular weight is 676 g/mol. The second kappa shape index (κ2) is 14.4. The molecule has 2 aromatic carbocycles. The first kappa shape index (κ1) is 36.4. The summed E-state index contributed by atoms with van der Waals surface area (Å²) in [6.07, 6.45) is 2.18.